The molecular weight excluding hydrogens is 547 g/mol. The molecule has 3 aromatic carbocycles. The van der Waals surface area contributed by atoms with E-state index in [1.165, 1.54) is 11.8 Å². The average Bonchev–Trinajstić information content (AvgIpc) is 3.08. The number of carbonyl (C=O) groups excluding carboxylic acids is 1. The number of phenolic OH excluding ortho intramolecular Hbond substituents is 1. The van der Waals surface area contributed by atoms with Crippen LogP contribution in [0.15, 0.2) is 76.6 Å². The van der Waals surface area contributed by atoms with Crippen molar-refractivity contribution in [3.63, 3.8) is 0 Å². The van der Waals surface area contributed by atoms with Crippen LogP contribution in [0.3, 0.4) is 0 Å². The number of carbonyl (C=O) groups is 1. The van der Waals surface area contributed by atoms with Crippen molar-refractivity contribution in [1.29, 1.82) is 0 Å². The number of hydrogen-bond donors (Lipinski definition) is 1. The standard InChI is InChI=1S/C26H23IN2O3S/c1-3-32-22-14-19(13-21(27)24(22)30)15-23-25(31)29(16-18-7-5-4-6-8-18)26(33-23)28-20-11-9-17(2)10-12-20/h4-15,30H,3,16H2,1-2H3/b23-15+,28-26?. The molecule has 0 bridgehead atoms. The van der Waals surface area contributed by atoms with Gasteiger partial charge < -0.3 is 9.84 Å². The SMILES string of the molecule is CCOc1cc(/C=C2/SC(=Nc3ccc(C)cc3)N(Cc3ccccc3)C2=O)cc(I)c1O. The summed E-state index contributed by atoms with van der Waals surface area (Å²) >= 11 is 3.41. The molecule has 1 aliphatic heterocycles. The summed E-state index contributed by atoms with van der Waals surface area (Å²) in [7, 11) is 0. The van der Waals surface area contributed by atoms with Gasteiger partial charge in [0, 0.05) is 0 Å². The van der Waals surface area contributed by atoms with Crippen LogP contribution in [0.25, 0.3) is 6.08 Å². The number of amides is 1. The van der Waals surface area contributed by atoms with Crippen LogP contribution in [0.4, 0.5) is 5.69 Å². The van der Waals surface area contributed by atoms with Crippen LogP contribution in [0.1, 0.15) is 23.6 Å². The van der Waals surface area contributed by atoms with E-state index in [1.807, 2.05) is 80.6 Å². The van der Waals surface area contributed by atoms with Gasteiger partial charge in [-0.15, -0.1) is 0 Å². The third-order valence-corrected chi connectivity index (χ3v) is 6.81. The van der Waals surface area contributed by atoms with Crippen molar-refractivity contribution < 1.29 is 14.6 Å². The van der Waals surface area contributed by atoms with Gasteiger partial charge in [-0.25, -0.2) is 4.99 Å². The van der Waals surface area contributed by atoms with Gasteiger partial charge in [-0.2, -0.15) is 0 Å². The number of rotatable bonds is 6. The second-order valence-corrected chi connectivity index (χ2v) is 9.67. The van der Waals surface area contributed by atoms with Crippen molar-refractivity contribution in [1.82, 2.24) is 4.90 Å². The Morgan fingerprint density at radius 3 is 2.55 bits per heavy atom. The fraction of sp³-hybridized carbons (Fsp3) is 0.154. The van der Waals surface area contributed by atoms with Gasteiger partial charge in [-0.05, 0) is 89.7 Å². The number of hydrogen-bond acceptors (Lipinski definition) is 5. The first kappa shape index (κ1) is 23.4. The fourth-order valence-corrected chi connectivity index (χ4v) is 4.94. The maximum Gasteiger partial charge on any atom is 0.267 e. The third-order valence-electron chi connectivity index (χ3n) is 4.98. The van der Waals surface area contributed by atoms with E-state index in [1.54, 1.807) is 11.0 Å². The Balaban J connectivity index is 1.71. The Hall–Kier alpha value is -2.78. The summed E-state index contributed by atoms with van der Waals surface area (Å²) in [6.07, 6.45) is 1.83. The molecular formula is C26H23IN2O3S. The van der Waals surface area contributed by atoms with Gasteiger partial charge >= 0.3 is 0 Å². The fourth-order valence-electron chi connectivity index (χ4n) is 3.32. The third kappa shape index (κ3) is 5.59. The summed E-state index contributed by atoms with van der Waals surface area (Å²) in [6, 6.07) is 21.4. The van der Waals surface area contributed by atoms with Gasteiger partial charge in [-0.3, -0.25) is 9.69 Å². The van der Waals surface area contributed by atoms with Gasteiger partial charge in [0.2, 0.25) is 0 Å². The number of amidine groups is 1. The molecule has 1 fully saturated rings. The predicted octanol–water partition coefficient (Wildman–Crippen LogP) is 6.51. The molecule has 1 amide bonds. The molecule has 1 N–H and O–H groups in total. The molecule has 1 heterocycles. The number of phenols is 1. The second kappa shape index (κ2) is 10.4. The van der Waals surface area contributed by atoms with Crippen LogP contribution in [0.5, 0.6) is 11.5 Å². The first-order valence-electron chi connectivity index (χ1n) is 10.5. The van der Waals surface area contributed by atoms with Gasteiger partial charge in [0.15, 0.2) is 16.7 Å². The number of aromatic hydroxyl groups is 1. The monoisotopic (exact) mass is 570 g/mol. The van der Waals surface area contributed by atoms with Crippen LogP contribution in [0.2, 0.25) is 0 Å². The van der Waals surface area contributed by atoms with E-state index in [-0.39, 0.29) is 11.7 Å². The lowest BCUT2D eigenvalue weighted by atomic mass is 10.1. The highest BCUT2D eigenvalue weighted by Gasteiger charge is 2.33. The molecule has 4 rings (SSSR count). The average molecular weight is 570 g/mol. The van der Waals surface area contributed by atoms with Crippen LogP contribution in [0, 0.1) is 10.5 Å². The van der Waals surface area contributed by atoms with Crippen LogP contribution in [-0.4, -0.2) is 27.7 Å². The quantitative estimate of drug-likeness (QED) is 0.271. The first-order chi connectivity index (χ1) is 15.9. The van der Waals surface area contributed by atoms with Crippen LogP contribution >= 0.6 is 34.4 Å². The molecule has 168 valence electrons. The summed E-state index contributed by atoms with van der Waals surface area (Å²) in [4.78, 5) is 20.5. The largest absolute Gasteiger partial charge is 0.504 e. The number of aryl methyl sites for hydroxylation is 1. The number of ether oxygens (including phenoxy) is 1. The highest BCUT2D eigenvalue weighted by atomic mass is 127. The number of halogens is 1. The lowest BCUT2D eigenvalue weighted by molar-refractivity contribution is -0.122. The van der Waals surface area contributed by atoms with Crippen molar-refractivity contribution >= 4 is 57.2 Å². The normalized spacial score (nSPS) is 16.1. The Morgan fingerprint density at radius 1 is 1.12 bits per heavy atom. The molecule has 1 saturated heterocycles. The zero-order valence-corrected chi connectivity index (χ0v) is 21.3. The smallest absolute Gasteiger partial charge is 0.267 e. The van der Waals surface area contributed by atoms with E-state index in [9.17, 15) is 9.90 Å². The molecule has 0 radical (unpaired) electrons. The molecule has 0 aromatic heterocycles. The van der Waals surface area contributed by atoms with Crippen molar-refractivity contribution in [3.05, 3.63) is 91.9 Å². The molecule has 0 spiro atoms. The zero-order chi connectivity index (χ0) is 23.4. The number of thioether (sulfide) groups is 1. The van der Waals surface area contributed by atoms with Crippen molar-refractivity contribution in [2.45, 2.75) is 20.4 Å². The summed E-state index contributed by atoms with van der Waals surface area (Å²) in [5.41, 5.74) is 3.77. The van der Waals surface area contributed by atoms with E-state index >= 15 is 0 Å². The molecule has 33 heavy (non-hydrogen) atoms. The van der Waals surface area contributed by atoms with E-state index < -0.39 is 0 Å². The van der Waals surface area contributed by atoms with E-state index in [4.69, 9.17) is 9.73 Å². The lowest BCUT2D eigenvalue weighted by Gasteiger charge is -2.15. The van der Waals surface area contributed by atoms with Gasteiger partial charge in [0.25, 0.3) is 5.91 Å². The molecule has 3 aromatic rings. The minimum atomic E-state index is -0.101. The topological polar surface area (TPSA) is 62.1 Å². The van der Waals surface area contributed by atoms with Crippen LogP contribution < -0.4 is 4.74 Å². The number of benzene rings is 3. The Bertz CT molecular complexity index is 1220. The second-order valence-electron chi connectivity index (χ2n) is 7.50. The molecule has 0 saturated carbocycles. The number of nitrogens with zero attached hydrogens (tertiary/aromatic N) is 2. The summed E-state index contributed by atoms with van der Waals surface area (Å²) in [5, 5.41) is 10.9. The van der Waals surface area contributed by atoms with Crippen molar-refractivity contribution in [2.75, 3.05) is 6.61 Å². The molecule has 5 nitrogen and oxygen atoms in total. The van der Waals surface area contributed by atoms with Gasteiger partial charge in [0.05, 0.1) is 27.3 Å². The van der Waals surface area contributed by atoms with E-state index in [0.717, 1.165) is 22.4 Å². The molecule has 0 unspecified atom stereocenters. The summed E-state index contributed by atoms with van der Waals surface area (Å²) < 4.78 is 6.21. The maximum absolute atomic E-state index is 13.4. The van der Waals surface area contributed by atoms with Crippen molar-refractivity contribution in [2.24, 2.45) is 4.99 Å². The van der Waals surface area contributed by atoms with Crippen LogP contribution in [-0.2, 0) is 11.3 Å². The Labute approximate surface area is 211 Å². The molecule has 1 aliphatic rings. The summed E-state index contributed by atoms with van der Waals surface area (Å²) in [6.45, 7) is 4.77. The number of aliphatic imine (C=N–C) groups is 1. The van der Waals surface area contributed by atoms with Gasteiger partial charge in [-0.1, -0.05) is 48.0 Å². The van der Waals surface area contributed by atoms with E-state index in [0.29, 0.717) is 32.5 Å². The van der Waals surface area contributed by atoms with Crippen molar-refractivity contribution in [3.8, 4) is 11.5 Å². The first-order valence-corrected chi connectivity index (χ1v) is 12.4. The predicted molar refractivity (Wildman–Crippen MR) is 143 cm³/mol. The lowest BCUT2D eigenvalue weighted by Crippen LogP contribution is -2.28. The van der Waals surface area contributed by atoms with E-state index in [2.05, 4.69) is 22.6 Å². The Morgan fingerprint density at radius 2 is 1.85 bits per heavy atom. The Kier molecular flexibility index (Phi) is 7.39. The highest BCUT2D eigenvalue weighted by molar-refractivity contribution is 14.1. The zero-order valence-electron chi connectivity index (χ0n) is 18.3. The molecule has 0 aliphatic carbocycles. The molecule has 7 heteroatoms. The maximum atomic E-state index is 13.4. The molecule has 0 atom stereocenters. The minimum Gasteiger partial charge on any atom is -0.504 e. The van der Waals surface area contributed by atoms with Gasteiger partial charge in [0.1, 0.15) is 0 Å². The highest BCUT2D eigenvalue weighted by Crippen LogP contribution is 2.38. The minimum absolute atomic E-state index is 0.101. The summed E-state index contributed by atoms with van der Waals surface area (Å²) in [5.74, 6) is 0.412.